The Kier molecular flexibility index (Phi) is 8.74. The summed E-state index contributed by atoms with van der Waals surface area (Å²) >= 11 is 6.01. The van der Waals surface area contributed by atoms with Gasteiger partial charge in [-0.05, 0) is 61.4 Å². The van der Waals surface area contributed by atoms with Crippen molar-refractivity contribution in [3.8, 4) is 11.4 Å². The molecule has 2 amide bonds. The number of likely N-dealkylation sites (tertiary alicyclic amines) is 1. The van der Waals surface area contributed by atoms with Crippen LogP contribution in [0.4, 0.5) is 0 Å². The van der Waals surface area contributed by atoms with E-state index >= 15 is 0 Å². The molecule has 7 nitrogen and oxygen atoms in total. The van der Waals surface area contributed by atoms with Gasteiger partial charge in [-0.15, -0.1) is 0 Å². The number of amides is 2. The Hall–Kier alpha value is -3.19. The predicted octanol–water partition coefficient (Wildman–Crippen LogP) is 6.44. The van der Waals surface area contributed by atoms with E-state index in [0.29, 0.717) is 42.2 Å². The van der Waals surface area contributed by atoms with Crippen molar-refractivity contribution >= 4 is 23.4 Å². The van der Waals surface area contributed by atoms with Crippen LogP contribution in [0.15, 0.2) is 59.1 Å². The van der Waals surface area contributed by atoms with Crippen molar-refractivity contribution < 1.29 is 14.1 Å². The Morgan fingerprint density at radius 1 is 0.974 bits per heavy atom. The first-order chi connectivity index (χ1) is 18.6. The average Bonchev–Trinajstić information content (AvgIpc) is 3.65. The maximum atomic E-state index is 13.7. The van der Waals surface area contributed by atoms with E-state index in [1.807, 2.05) is 47.4 Å². The SMILES string of the molecule is O=C(CCC1CCCC1)N(CC(=O)N1CCCC[C@H]1c1nc(-c2ccc(Cl)cc2)no1)Cc1ccccc1. The molecule has 2 heterocycles. The molecule has 0 unspecified atom stereocenters. The fraction of sp³-hybridized carbons (Fsp3) is 0.467. The van der Waals surface area contributed by atoms with E-state index in [0.717, 1.165) is 36.8 Å². The molecule has 2 aromatic carbocycles. The van der Waals surface area contributed by atoms with Crippen molar-refractivity contribution in [1.29, 1.82) is 0 Å². The second-order valence-electron chi connectivity index (χ2n) is 10.5. The average molecular weight is 535 g/mol. The van der Waals surface area contributed by atoms with Crippen LogP contribution in [0.2, 0.25) is 5.02 Å². The highest BCUT2D eigenvalue weighted by Gasteiger charge is 2.33. The van der Waals surface area contributed by atoms with E-state index in [9.17, 15) is 9.59 Å². The third kappa shape index (κ3) is 6.62. The second-order valence-corrected chi connectivity index (χ2v) is 10.9. The van der Waals surface area contributed by atoms with Crippen LogP contribution < -0.4 is 0 Å². The van der Waals surface area contributed by atoms with Crippen LogP contribution in [-0.2, 0) is 16.1 Å². The summed E-state index contributed by atoms with van der Waals surface area (Å²) in [7, 11) is 0. The molecule has 1 aromatic heterocycles. The minimum Gasteiger partial charge on any atom is -0.337 e. The summed E-state index contributed by atoms with van der Waals surface area (Å²) in [6.07, 6.45) is 8.97. The quantitative estimate of drug-likeness (QED) is 0.315. The van der Waals surface area contributed by atoms with Crippen molar-refractivity contribution in [2.75, 3.05) is 13.1 Å². The molecule has 2 fully saturated rings. The first-order valence-corrected chi connectivity index (χ1v) is 14.2. The monoisotopic (exact) mass is 534 g/mol. The molecule has 200 valence electrons. The lowest BCUT2D eigenvalue weighted by atomic mass is 10.0. The largest absolute Gasteiger partial charge is 0.337 e. The summed E-state index contributed by atoms with van der Waals surface area (Å²) < 4.78 is 5.64. The van der Waals surface area contributed by atoms with E-state index in [-0.39, 0.29) is 24.4 Å². The highest BCUT2D eigenvalue weighted by Crippen LogP contribution is 2.32. The first kappa shape index (κ1) is 26.4. The molecule has 0 N–H and O–H groups in total. The van der Waals surface area contributed by atoms with Crippen molar-refractivity contribution in [2.45, 2.75) is 70.4 Å². The molecular weight excluding hydrogens is 500 g/mol. The number of nitrogens with zero attached hydrogens (tertiary/aromatic N) is 4. The number of benzene rings is 2. The normalized spacial score (nSPS) is 18.0. The van der Waals surface area contributed by atoms with E-state index < -0.39 is 0 Å². The van der Waals surface area contributed by atoms with E-state index in [1.165, 1.54) is 25.7 Å². The Morgan fingerprint density at radius 3 is 2.47 bits per heavy atom. The van der Waals surface area contributed by atoms with Crippen molar-refractivity contribution in [3.05, 3.63) is 71.1 Å². The van der Waals surface area contributed by atoms with Gasteiger partial charge in [0.2, 0.25) is 23.5 Å². The van der Waals surface area contributed by atoms with Gasteiger partial charge in [0.05, 0.1) is 0 Å². The Labute approximate surface area is 229 Å². The highest BCUT2D eigenvalue weighted by atomic mass is 35.5. The molecule has 1 atom stereocenters. The molecule has 2 aliphatic rings. The summed E-state index contributed by atoms with van der Waals surface area (Å²) in [5.74, 6) is 1.51. The van der Waals surface area contributed by atoms with Crippen LogP contribution in [-0.4, -0.2) is 44.8 Å². The fourth-order valence-electron chi connectivity index (χ4n) is 5.65. The highest BCUT2D eigenvalue weighted by molar-refractivity contribution is 6.30. The number of hydrogen-bond donors (Lipinski definition) is 0. The number of carbonyl (C=O) groups excluding carboxylic acids is 2. The Morgan fingerprint density at radius 2 is 1.71 bits per heavy atom. The van der Waals surface area contributed by atoms with Crippen molar-refractivity contribution in [1.82, 2.24) is 19.9 Å². The predicted molar refractivity (Wildman–Crippen MR) is 146 cm³/mol. The van der Waals surface area contributed by atoms with Gasteiger partial charge in [0.15, 0.2) is 0 Å². The first-order valence-electron chi connectivity index (χ1n) is 13.8. The van der Waals surface area contributed by atoms with Gasteiger partial charge in [-0.3, -0.25) is 9.59 Å². The molecule has 1 saturated carbocycles. The molecule has 1 aliphatic carbocycles. The lowest BCUT2D eigenvalue weighted by Gasteiger charge is -2.35. The number of hydrogen-bond acceptors (Lipinski definition) is 5. The number of aromatic nitrogens is 2. The molecule has 8 heteroatoms. The molecular formula is C30H35ClN4O3. The molecule has 3 aromatic rings. The summed E-state index contributed by atoms with van der Waals surface area (Å²) in [6, 6.07) is 16.9. The Bertz CT molecular complexity index is 1210. The summed E-state index contributed by atoms with van der Waals surface area (Å²) in [4.78, 5) is 35.2. The van der Waals surface area contributed by atoms with Crippen molar-refractivity contribution in [2.24, 2.45) is 5.92 Å². The lowest BCUT2D eigenvalue weighted by Crippen LogP contribution is -2.45. The summed E-state index contributed by atoms with van der Waals surface area (Å²) in [6.45, 7) is 1.08. The molecule has 0 bridgehead atoms. The second kappa shape index (κ2) is 12.6. The van der Waals surface area contributed by atoms with Gasteiger partial charge in [-0.2, -0.15) is 4.98 Å². The zero-order valence-electron chi connectivity index (χ0n) is 21.7. The van der Waals surface area contributed by atoms with E-state index in [2.05, 4.69) is 10.1 Å². The molecule has 38 heavy (non-hydrogen) atoms. The number of halogens is 1. The van der Waals surface area contributed by atoms with Crippen LogP contribution >= 0.6 is 11.6 Å². The minimum absolute atomic E-state index is 0.0467. The van der Waals surface area contributed by atoms with Crippen LogP contribution in [0.1, 0.15) is 75.3 Å². The third-order valence-electron chi connectivity index (χ3n) is 7.79. The smallest absolute Gasteiger partial charge is 0.249 e. The molecule has 0 radical (unpaired) electrons. The summed E-state index contributed by atoms with van der Waals surface area (Å²) in [5, 5.41) is 4.80. The van der Waals surface area contributed by atoms with Crippen LogP contribution in [0.25, 0.3) is 11.4 Å². The summed E-state index contributed by atoms with van der Waals surface area (Å²) in [5.41, 5.74) is 1.83. The van der Waals surface area contributed by atoms with Gasteiger partial charge in [0, 0.05) is 30.1 Å². The number of carbonyl (C=O) groups is 2. The fourth-order valence-corrected chi connectivity index (χ4v) is 5.77. The van der Waals surface area contributed by atoms with Crippen LogP contribution in [0.3, 0.4) is 0 Å². The number of piperidine rings is 1. The van der Waals surface area contributed by atoms with Gasteiger partial charge in [0.25, 0.3) is 0 Å². The zero-order chi connectivity index (χ0) is 26.3. The molecule has 1 aliphatic heterocycles. The van der Waals surface area contributed by atoms with Gasteiger partial charge >= 0.3 is 0 Å². The standard InChI is InChI=1S/C30H35ClN4O3/c31-25-16-14-24(15-17-25)29-32-30(38-33-29)26-12-6-7-19-35(26)28(37)21-34(20-23-10-2-1-3-11-23)27(36)18-13-22-8-4-5-9-22/h1-3,10-11,14-17,22,26H,4-9,12-13,18-21H2/t26-/m0/s1. The molecule has 1 saturated heterocycles. The zero-order valence-corrected chi connectivity index (χ0v) is 22.5. The Balaban J connectivity index is 1.29. The third-order valence-corrected chi connectivity index (χ3v) is 8.04. The van der Waals surface area contributed by atoms with Gasteiger partial charge in [-0.1, -0.05) is 72.8 Å². The van der Waals surface area contributed by atoms with Gasteiger partial charge < -0.3 is 14.3 Å². The van der Waals surface area contributed by atoms with Crippen LogP contribution in [0, 0.1) is 5.92 Å². The van der Waals surface area contributed by atoms with E-state index in [1.54, 1.807) is 17.0 Å². The van der Waals surface area contributed by atoms with Crippen molar-refractivity contribution in [3.63, 3.8) is 0 Å². The molecule has 0 spiro atoms. The van der Waals surface area contributed by atoms with Crippen LogP contribution in [0.5, 0.6) is 0 Å². The number of rotatable bonds is 9. The molecule has 5 rings (SSSR count). The van der Waals surface area contributed by atoms with E-state index in [4.69, 9.17) is 16.1 Å². The van der Waals surface area contributed by atoms with Gasteiger partial charge in [0.1, 0.15) is 12.6 Å². The lowest BCUT2D eigenvalue weighted by molar-refractivity contribution is -0.144. The maximum absolute atomic E-state index is 13.7. The maximum Gasteiger partial charge on any atom is 0.249 e. The van der Waals surface area contributed by atoms with Gasteiger partial charge in [-0.25, -0.2) is 0 Å². The topological polar surface area (TPSA) is 79.5 Å². The minimum atomic E-state index is -0.294.